The Morgan fingerprint density at radius 3 is 2.17 bits per heavy atom. The molecule has 118 valence electrons. The van der Waals surface area contributed by atoms with Gasteiger partial charge in [-0.15, -0.1) is 0 Å². The molecule has 0 aromatic heterocycles. The molecule has 1 aliphatic rings. The van der Waals surface area contributed by atoms with Crippen LogP contribution in [0.5, 0.6) is 0 Å². The number of hydrogen-bond acceptors (Lipinski definition) is 3. The van der Waals surface area contributed by atoms with E-state index in [1.807, 2.05) is 67.6 Å². The molecule has 3 heteroatoms. The first-order valence-corrected chi connectivity index (χ1v) is 8.01. The minimum absolute atomic E-state index is 0.0316. The van der Waals surface area contributed by atoms with Crippen LogP contribution in [-0.2, 0) is 20.7 Å². The molecule has 0 saturated carbocycles. The monoisotopic (exact) mass is 308 g/mol. The number of aryl methyl sites for hydroxylation is 1. The van der Waals surface area contributed by atoms with Gasteiger partial charge < -0.3 is 4.74 Å². The van der Waals surface area contributed by atoms with Crippen molar-refractivity contribution in [1.82, 2.24) is 0 Å². The Morgan fingerprint density at radius 2 is 1.52 bits per heavy atom. The lowest BCUT2D eigenvalue weighted by Crippen LogP contribution is -2.24. The highest BCUT2D eigenvalue weighted by Crippen LogP contribution is 2.38. The Morgan fingerprint density at radius 1 is 0.913 bits per heavy atom. The maximum atomic E-state index is 12.2. The van der Waals surface area contributed by atoms with Crippen molar-refractivity contribution in [2.24, 2.45) is 11.8 Å². The third-order valence-corrected chi connectivity index (χ3v) is 4.66. The Bertz CT molecular complexity index is 679. The van der Waals surface area contributed by atoms with Crippen LogP contribution in [0.4, 0.5) is 0 Å². The fourth-order valence-electron chi connectivity index (χ4n) is 3.33. The van der Waals surface area contributed by atoms with Crippen LogP contribution >= 0.6 is 0 Å². The van der Waals surface area contributed by atoms with Gasteiger partial charge in [0.05, 0.1) is 11.8 Å². The van der Waals surface area contributed by atoms with Gasteiger partial charge in [0.15, 0.2) is 0 Å². The van der Waals surface area contributed by atoms with E-state index in [4.69, 9.17) is 4.74 Å². The second-order valence-corrected chi connectivity index (χ2v) is 6.10. The van der Waals surface area contributed by atoms with Crippen molar-refractivity contribution in [3.63, 3.8) is 0 Å². The Kier molecular flexibility index (Phi) is 4.56. The van der Waals surface area contributed by atoms with Crippen molar-refractivity contribution >= 4 is 11.9 Å². The molecule has 0 spiro atoms. The van der Waals surface area contributed by atoms with E-state index in [9.17, 15) is 9.59 Å². The summed E-state index contributed by atoms with van der Waals surface area (Å²) < 4.78 is 4.94. The topological polar surface area (TPSA) is 43.4 Å². The largest absolute Gasteiger partial charge is 0.393 e. The minimum Gasteiger partial charge on any atom is -0.393 e. The fraction of sp³-hybridized carbons (Fsp3) is 0.300. The molecule has 1 fully saturated rings. The molecule has 0 aliphatic carbocycles. The summed E-state index contributed by atoms with van der Waals surface area (Å²) in [4.78, 5) is 24.3. The number of benzene rings is 2. The number of esters is 2. The van der Waals surface area contributed by atoms with Crippen LogP contribution in [0.15, 0.2) is 60.7 Å². The maximum absolute atomic E-state index is 12.2. The third-order valence-electron chi connectivity index (χ3n) is 4.66. The van der Waals surface area contributed by atoms with Crippen molar-refractivity contribution in [2.45, 2.75) is 25.7 Å². The number of hydrogen-bond donors (Lipinski definition) is 0. The summed E-state index contributed by atoms with van der Waals surface area (Å²) in [5, 5.41) is 0. The summed E-state index contributed by atoms with van der Waals surface area (Å²) in [6.07, 6.45) is 1.41. The van der Waals surface area contributed by atoms with Crippen LogP contribution in [-0.4, -0.2) is 11.9 Å². The lowest BCUT2D eigenvalue weighted by molar-refractivity contribution is -0.154. The molecule has 2 aromatic carbocycles. The first kappa shape index (κ1) is 15.5. The Labute approximate surface area is 136 Å². The molecule has 3 rings (SSSR count). The molecule has 3 unspecified atom stereocenters. The van der Waals surface area contributed by atoms with E-state index in [0.717, 1.165) is 12.0 Å². The summed E-state index contributed by atoms with van der Waals surface area (Å²) >= 11 is 0. The predicted molar refractivity (Wildman–Crippen MR) is 87.7 cm³/mol. The zero-order valence-electron chi connectivity index (χ0n) is 13.1. The van der Waals surface area contributed by atoms with Crippen LogP contribution < -0.4 is 0 Å². The van der Waals surface area contributed by atoms with Crippen LogP contribution in [0.1, 0.15) is 30.4 Å². The molecule has 1 saturated heterocycles. The molecule has 3 nitrogen and oxygen atoms in total. The van der Waals surface area contributed by atoms with Crippen molar-refractivity contribution < 1.29 is 14.3 Å². The third kappa shape index (κ3) is 3.34. The number of carbonyl (C=O) groups is 2. The average molecular weight is 308 g/mol. The smallest absolute Gasteiger partial charge is 0.318 e. The fourth-order valence-corrected chi connectivity index (χ4v) is 3.33. The van der Waals surface area contributed by atoms with Crippen LogP contribution in [0, 0.1) is 11.8 Å². The summed E-state index contributed by atoms with van der Waals surface area (Å²) in [6, 6.07) is 19.9. The highest BCUT2D eigenvalue weighted by atomic mass is 16.6. The zero-order chi connectivity index (χ0) is 16.2. The van der Waals surface area contributed by atoms with E-state index >= 15 is 0 Å². The summed E-state index contributed by atoms with van der Waals surface area (Å²) in [7, 11) is 0. The van der Waals surface area contributed by atoms with Crippen molar-refractivity contribution in [3.05, 3.63) is 71.8 Å². The molecular formula is C20H20O3. The van der Waals surface area contributed by atoms with Gasteiger partial charge in [0, 0.05) is 0 Å². The van der Waals surface area contributed by atoms with Crippen LogP contribution in [0.25, 0.3) is 0 Å². The second kappa shape index (κ2) is 6.78. The van der Waals surface area contributed by atoms with Gasteiger partial charge >= 0.3 is 11.9 Å². The normalized spacial score (nSPS) is 22.0. The number of carbonyl (C=O) groups excluding carboxylic acids is 2. The van der Waals surface area contributed by atoms with Gasteiger partial charge in [-0.05, 0) is 29.9 Å². The van der Waals surface area contributed by atoms with Crippen molar-refractivity contribution in [2.75, 3.05) is 0 Å². The highest BCUT2D eigenvalue weighted by Gasteiger charge is 2.46. The Hall–Kier alpha value is -2.42. The molecule has 1 heterocycles. The highest BCUT2D eigenvalue weighted by molar-refractivity contribution is 5.97. The molecule has 0 amide bonds. The van der Waals surface area contributed by atoms with Crippen LogP contribution in [0.3, 0.4) is 0 Å². The number of cyclic esters (lactones) is 2. The van der Waals surface area contributed by atoms with Gasteiger partial charge in [0.1, 0.15) is 0 Å². The quantitative estimate of drug-likeness (QED) is 0.624. The molecule has 0 bridgehead atoms. The number of ether oxygens (including phenoxy) is 1. The SMILES string of the molecule is CC(c1ccccc1)C1C(=O)OC(=O)C1CCc1ccccc1. The summed E-state index contributed by atoms with van der Waals surface area (Å²) in [5.74, 6) is -1.55. The molecule has 0 N–H and O–H groups in total. The standard InChI is InChI=1S/C20H20O3/c1-14(16-10-6-3-7-11-16)18-17(19(21)23-20(18)22)13-12-15-8-4-2-5-9-15/h2-11,14,17-18H,12-13H2,1H3. The predicted octanol–water partition coefficient (Wildman–Crippen LogP) is 3.74. The van der Waals surface area contributed by atoms with Gasteiger partial charge in [0.25, 0.3) is 0 Å². The van der Waals surface area contributed by atoms with E-state index in [1.165, 1.54) is 5.56 Å². The average Bonchev–Trinajstić information content (AvgIpc) is 2.87. The molecular weight excluding hydrogens is 288 g/mol. The maximum Gasteiger partial charge on any atom is 0.318 e. The van der Waals surface area contributed by atoms with E-state index in [-0.39, 0.29) is 23.8 Å². The van der Waals surface area contributed by atoms with Crippen LogP contribution in [0.2, 0.25) is 0 Å². The minimum atomic E-state index is -0.395. The molecule has 1 aliphatic heterocycles. The summed E-state index contributed by atoms with van der Waals surface area (Å²) in [6.45, 7) is 2.00. The van der Waals surface area contributed by atoms with Gasteiger partial charge in [0.2, 0.25) is 0 Å². The first-order valence-electron chi connectivity index (χ1n) is 8.01. The molecule has 2 aromatic rings. The van der Waals surface area contributed by atoms with E-state index in [2.05, 4.69) is 0 Å². The van der Waals surface area contributed by atoms with Gasteiger partial charge in [-0.2, -0.15) is 0 Å². The van der Waals surface area contributed by atoms with E-state index < -0.39 is 5.92 Å². The molecule has 3 atom stereocenters. The van der Waals surface area contributed by atoms with E-state index in [1.54, 1.807) is 0 Å². The second-order valence-electron chi connectivity index (χ2n) is 6.10. The molecule has 23 heavy (non-hydrogen) atoms. The zero-order valence-corrected chi connectivity index (χ0v) is 13.1. The Balaban J connectivity index is 1.76. The van der Waals surface area contributed by atoms with Crippen molar-refractivity contribution in [1.29, 1.82) is 0 Å². The first-order chi connectivity index (χ1) is 11.2. The lowest BCUT2D eigenvalue weighted by atomic mass is 9.78. The van der Waals surface area contributed by atoms with Crippen molar-refractivity contribution in [3.8, 4) is 0 Å². The summed E-state index contributed by atoms with van der Waals surface area (Å²) in [5.41, 5.74) is 2.24. The number of rotatable bonds is 5. The van der Waals surface area contributed by atoms with Gasteiger partial charge in [-0.25, -0.2) is 0 Å². The van der Waals surface area contributed by atoms with E-state index in [0.29, 0.717) is 6.42 Å². The van der Waals surface area contributed by atoms with Gasteiger partial charge in [-0.3, -0.25) is 9.59 Å². The lowest BCUT2D eigenvalue weighted by Gasteiger charge is -2.21. The van der Waals surface area contributed by atoms with Gasteiger partial charge in [-0.1, -0.05) is 67.6 Å². The molecule has 0 radical (unpaired) electrons.